The van der Waals surface area contributed by atoms with Gasteiger partial charge in [0.25, 0.3) is 0 Å². The highest BCUT2D eigenvalue weighted by molar-refractivity contribution is 7.09. The van der Waals surface area contributed by atoms with Crippen molar-refractivity contribution < 1.29 is 0 Å². The Balaban J connectivity index is 2.71. The number of aromatic nitrogens is 1. The third-order valence-electron chi connectivity index (χ3n) is 1.67. The van der Waals surface area contributed by atoms with E-state index in [1.807, 2.05) is 0 Å². The molecule has 3 heteroatoms. The predicted molar refractivity (Wildman–Crippen MR) is 56.0 cm³/mol. The first kappa shape index (κ1) is 10.2. The molecule has 70 valence electrons. The normalized spacial score (nSPS) is 11.2. The summed E-state index contributed by atoms with van der Waals surface area (Å²) in [6.45, 7) is 13.7. The van der Waals surface area contributed by atoms with Crippen LogP contribution in [0.2, 0.25) is 0 Å². The quantitative estimate of drug-likeness (QED) is 0.662. The third-order valence-corrected chi connectivity index (χ3v) is 2.99. The molecule has 0 amide bonds. The minimum Gasteiger partial charge on any atom is -0.317 e. The Bertz CT molecular complexity index is 314. The van der Waals surface area contributed by atoms with E-state index in [2.05, 4.69) is 36.0 Å². The van der Waals surface area contributed by atoms with Crippen LogP contribution in [0.4, 0.5) is 0 Å². The van der Waals surface area contributed by atoms with E-state index in [0.29, 0.717) is 6.54 Å². The molecule has 0 saturated heterocycles. The van der Waals surface area contributed by atoms with Crippen molar-refractivity contribution in [1.29, 1.82) is 0 Å². The van der Waals surface area contributed by atoms with E-state index in [0.717, 1.165) is 17.1 Å². The summed E-state index contributed by atoms with van der Waals surface area (Å²) in [4.78, 5) is 7.81. The Morgan fingerprint density at radius 1 is 1.54 bits per heavy atom. The molecular formula is C10H14N2S. The van der Waals surface area contributed by atoms with Gasteiger partial charge < -0.3 is 4.85 Å². The third kappa shape index (κ3) is 2.82. The molecule has 0 aliphatic heterocycles. The van der Waals surface area contributed by atoms with E-state index in [9.17, 15) is 0 Å². The molecule has 1 aromatic rings. The monoisotopic (exact) mass is 194 g/mol. The second kappa shape index (κ2) is 3.89. The van der Waals surface area contributed by atoms with Crippen molar-refractivity contribution in [2.45, 2.75) is 32.6 Å². The van der Waals surface area contributed by atoms with Crippen LogP contribution in [0.5, 0.6) is 0 Å². The first-order chi connectivity index (χ1) is 6.04. The molecule has 1 heterocycles. The molecule has 0 atom stereocenters. The maximum Gasteiger partial charge on any atom is 0.220 e. The van der Waals surface area contributed by atoms with Crippen LogP contribution < -0.4 is 0 Å². The molecule has 0 unspecified atom stereocenters. The highest BCUT2D eigenvalue weighted by Crippen LogP contribution is 2.25. The van der Waals surface area contributed by atoms with Crippen molar-refractivity contribution in [1.82, 2.24) is 4.98 Å². The van der Waals surface area contributed by atoms with Crippen LogP contribution in [0.1, 0.15) is 31.5 Å². The van der Waals surface area contributed by atoms with Gasteiger partial charge >= 0.3 is 0 Å². The number of thiazole rings is 1. The summed E-state index contributed by atoms with van der Waals surface area (Å²) in [7, 11) is 0. The lowest BCUT2D eigenvalue weighted by atomic mass is 9.98. The van der Waals surface area contributed by atoms with Crippen molar-refractivity contribution >= 4 is 11.3 Å². The van der Waals surface area contributed by atoms with Gasteiger partial charge in [-0.05, 0) is 0 Å². The van der Waals surface area contributed by atoms with Crippen molar-refractivity contribution in [3.63, 3.8) is 0 Å². The highest BCUT2D eigenvalue weighted by Gasteiger charge is 2.17. The summed E-state index contributed by atoms with van der Waals surface area (Å²) < 4.78 is 0. The van der Waals surface area contributed by atoms with Crippen LogP contribution in [-0.2, 0) is 11.8 Å². The van der Waals surface area contributed by atoms with Crippen LogP contribution in [0.15, 0.2) is 5.38 Å². The molecule has 0 saturated carbocycles. The fourth-order valence-electron chi connectivity index (χ4n) is 0.937. The molecule has 0 bridgehead atoms. The molecule has 2 nitrogen and oxygen atoms in total. The van der Waals surface area contributed by atoms with Gasteiger partial charge in [0.2, 0.25) is 6.54 Å². The maximum absolute atomic E-state index is 6.68. The van der Waals surface area contributed by atoms with Gasteiger partial charge in [0, 0.05) is 10.8 Å². The summed E-state index contributed by atoms with van der Waals surface area (Å²) in [5, 5.41) is 3.22. The summed E-state index contributed by atoms with van der Waals surface area (Å²) in [5.74, 6) is 0. The number of hydrogen-bond donors (Lipinski definition) is 0. The smallest absolute Gasteiger partial charge is 0.220 e. The zero-order valence-corrected chi connectivity index (χ0v) is 9.11. The molecule has 1 aromatic heterocycles. The topological polar surface area (TPSA) is 17.2 Å². The largest absolute Gasteiger partial charge is 0.317 e. The van der Waals surface area contributed by atoms with Crippen molar-refractivity contribution in [2.24, 2.45) is 0 Å². The predicted octanol–water partition coefficient (Wildman–Crippen LogP) is 2.90. The molecule has 1 rings (SSSR count). The van der Waals surface area contributed by atoms with Crippen LogP contribution in [0, 0.1) is 6.57 Å². The number of hydrogen-bond acceptors (Lipinski definition) is 2. The highest BCUT2D eigenvalue weighted by atomic mass is 32.1. The average molecular weight is 194 g/mol. The van der Waals surface area contributed by atoms with Gasteiger partial charge in [-0.2, -0.15) is 0 Å². The van der Waals surface area contributed by atoms with Gasteiger partial charge in [0.15, 0.2) is 0 Å². The lowest BCUT2D eigenvalue weighted by molar-refractivity contribution is 0.583. The van der Waals surface area contributed by atoms with Gasteiger partial charge in [-0.15, -0.1) is 11.3 Å². The summed E-state index contributed by atoms with van der Waals surface area (Å²) in [6.07, 6.45) is 0.788. The standard InChI is InChI=1S/C10H14N2S/c1-10(2,3)9-12-8(7-13-9)5-6-11-4/h7H,5-6H2,1-3H3. The second-order valence-electron chi connectivity index (χ2n) is 4.03. The zero-order chi connectivity index (χ0) is 9.90. The van der Waals surface area contributed by atoms with E-state index in [1.165, 1.54) is 0 Å². The molecule has 0 spiro atoms. The van der Waals surface area contributed by atoms with Crippen LogP contribution in [-0.4, -0.2) is 11.5 Å². The number of rotatable bonds is 2. The van der Waals surface area contributed by atoms with E-state index >= 15 is 0 Å². The molecule has 13 heavy (non-hydrogen) atoms. The SMILES string of the molecule is [C-]#[N+]CCc1csc(C(C)(C)C)n1. The summed E-state index contributed by atoms with van der Waals surface area (Å²) in [5.41, 5.74) is 1.20. The van der Waals surface area contributed by atoms with Crippen LogP contribution >= 0.6 is 11.3 Å². The molecular weight excluding hydrogens is 180 g/mol. The Hall–Kier alpha value is -0.880. The van der Waals surface area contributed by atoms with Gasteiger partial charge in [0.1, 0.15) is 0 Å². The molecule has 0 aromatic carbocycles. The van der Waals surface area contributed by atoms with Crippen LogP contribution in [0.25, 0.3) is 4.85 Å². The number of nitrogens with zero attached hydrogens (tertiary/aromatic N) is 2. The van der Waals surface area contributed by atoms with E-state index in [-0.39, 0.29) is 5.41 Å². The molecule has 0 aliphatic carbocycles. The molecule has 0 radical (unpaired) electrons. The van der Waals surface area contributed by atoms with Gasteiger partial charge in [-0.25, -0.2) is 11.6 Å². The van der Waals surface area contributed by atoms with Gasteiger partial charge in [-0.3, -0.25) is 0 Å². The molecule has 0 N–H and O–H groups in total. The first-order valence-corrected chi connectivity index (χ1v) is 5.20. The van der Waals surface area contributed by atoms with Crippen molar-refractivity contribution in [2.75, 3.05) is 6.54 Å². The molecule has 0 aliphatic rings. The van der Waals surface area contributed by atoms with Gasteiger partial charge in [-0.1, -0.05) is 20.8 Å². The zero-order valence-electron chi connectivity index (χ0n) is 8.29. The Labute approximate surface area is 83.4 Å². The maximum atomic E-state index is 6.68. The van der Waals surface area contributed by atoms with Crippen LogP contribution in [0.3, 0.4) is 0 Å². The second-order valence-corrected chi connectivity index (χ2v) is 4.88. The van der Waals surface area contributed by atoms with E-state index < -0.39 is 0 Å². The average Bonchev–Trinajstić information content (AvgIpc) is 2.47. The first-order valence-electron chi connectivity index (χ1n) is 4.32. The lowest BCUT2D eigenvalue weighted by Gasteiger charge is -2.13. The fourth-order valence-corrected chi connectivity index (χ4v) is 1.88. The summed E-state index contributed by atoms with van der Waals surface area (Å²) >= 11 is 1.69. The Kier molecular flexibility index (Phi) is 3.05. The molecule has 0 fully saturated rings. The van der Waals surface area contributed by atoms with Crippen molar-refractivity contribution in [3.8, 4) is 0 Å². The van der Waals surface area contributed by atoms with Crippen molar-refractivity contribution in [3.05, 3.63) is 27.5 Å². The Morgan fingerprint density at radius 2 is 2.23 bits per heavy atom. The Morgan fingerprint density at radius 3 is 2.69 bits per heavy atom. The van der Waals surface area contributed by atoms with E-state index in [1.54, 1.807) is 11.3 Å². The fraction of sp³-hybridized carbons (Fsp3) is 0.600. The lowest BCUT2D eigenvalue weighted by Crippen LogP contribution is -2.10. The minimum atomic E-state index is 0.140. The van der Waals surface area contributed by atoms with E-state index in [4.69, 9.17) is 6.57 Å². The van der Waals surface area contributed by atoms with Gasteiger partial charge in [0.05, 0.1) is 17.1 Å². The minimum absolute atomic E-state index is 0.140. The summed E-state index contributed by atoms with van der Waals surface area (Å²) in [6, 6.07) is 0.